The Hall–Kier alpha value is -2.26. The number of hydrogen-bond acceptors (Lipinski definition) is 4. The number of hydrogen-bond donors (Lipinski definition) is 1. The second-order valence-corrected chi connectivity index (χ2v) is 13.0. The molecule has 0 bridgehead atoms. The van der Waals surface area contributed by atoms with Gasteiger partial charge in [0.05, 0.1) is 16.9 Å². The first kappa shape index (κ1) is 24.4. The van der Waals surface area contributed by atoms with Crippen molar-refractivity contribution in [2.45, 2.75) is 60.6 Å². The lowest BCUT2D eigenvalue weighted by Gasteiger charge is -2.43. The van der Waals surface area contributed by atoms with Crippen LogP contribution in [0.3, 0.4) is 0 Å². The number of carbonyl (C=O) groups excluding carboxylic acids is 1. The Bertz CT molecular complexity index is 1290. The van der Waals surface area contributed by atoms with E-state index in [1.54, 1.807) is 4.90 Å². The molecule has 9 heteroatoms. The average Bonchev–Trinajstić information content (AvgIpc) is 3.25. The molecule has 2 aromatic carbocycles. The molecule has 35 heavy (non-hydrogen) atoms. The number of nitrogens with zero attached hydrogens (tertiary/aromatic N) is 1. The number of halogens is 2. The van der Waals surface area contributed by atoms with E-state index >= 15 is 0 Å². The van der Waals surface area contributed by atoms with E-state index in [4.69, 9.17) is 0 Å². The molecule has 2 fully saturated rings. The van der Waals surface area contributed by atoms with Crippen molar-refractivity contribution in [2.24, 2.45) is 11.8 Å². The number of carboxylic acids is 1. The zero-order chi connectivity index (χ0) is 25.0. The third-order valence-corrected chi connectivity index (χ3v) is 11.2. The standard InChI is InChI=1S/C26H27BrFNO5S/c27-19-9-10-22-18(14-19)8-11-23-26(22,35(33,34)21-3-1-2-20(28)15-21)12-13-29(23)24(30)16-4-6-17(7-5-16)25(31)32/h1-3,9-10,14-17,23H,4-8,11-13H2,(H,31,32). The van der Waals surface area contributed by atoms with Crippen molar-refractivity contribution in [3.8, 4) is 0 Å². The summed E-state index contributed by atoms with van der Waals surface area (Å²) in [6, 6.07) is 10.1. The zero-order valence-electron chi connectivity index (χ0n) is 19.1. The van der Waals surface area contributed by atoms with Crippen molar-refractivity contribution in [1.82, 2.24) is 4.90 Å². The number of aryl methyl sites for hydroxylation is 1. The summed E-state index contributed by atoms with van der Waals surface area (Å²) >= 11 is 3.48. The van der Waals surface area contributed by atoms with Crippen LogP contribution < -0.4 is 0 Å². The van der Waals surface area contributed by atoms with Crippen molar-refractivity contribution >= 4 is 37.6 Å². The summed E-state index contributed by atoms with van der Waals surface area (Å²) in [5.74, 6) is -2.26. The highest BCUT2D eigenvalue weighted by atomic mass is 79.9. The SMILES string of the molecule is O=C(O)C1CCC(C(=O)N2CCC3(S(=O)(=O)c4cccc(F)c4)c4ccc(Br)cc4CCC23)CC1. The van der Waals surface area contributed by atoms with Gasteiger partial charge in [0.2, 0.25) is 5.91 Å². The largest absolute Gasteiger partial charge is 0.481 e. The molecule has 1 saturated carbocycles. The number of aliphatic carboxylic acids is 1. The summed E-state index contributed by atoms with van der Waals surface area (Å²) in [7, 11) is -4.05. The molecule has 2 aliphatic carbocycles. The highest BCUT2D eigenvalue weighted by Crippen LogP contribution is 2.53. The topological polar surface area (TPSA) is 91.8 Å². The van der Waals surface area contributed by atoms with Gasteiger partial charge in [-0.15, -0.1) is 0 Å². The van der Waals surface area contributed by atoms with E-state index in [1.165, 1.54) is 18.2 Å². The molecular formula is C26H27BrFNO5S. The van der Waals surface area contributed by atoms with Crippen molar-refractivity contribution < 1.29 is 27.5 Å². The fourth-order valence-corrected chi connectivity index (χ4v) is 9.23. The van der Waals surface area contributed by atoms with Crippen molar-refractivity contribution in [3.05, 3.63) is 63.9 Å². The van der Waals surface area contributed by atoms with E-state index in [2.05, 4.69) is 15.9 Å². The molecule has 1 saturated heterocycles. The molecule has 3 aliphatic rings. The van der Waals surface area contributed by atoms with Crippen molar-refractivity contribution in [3.63, 3.8) is 0 Å². The number of benzene rings is 2. The van der Waals surface area contributed by atoms with Gasteiger partial charge < -0.3 is 10.0 Å². The monoisotopic (exact) mass is 563 g/mol. The number of carbonyl (C=O) groups is 2. The minimum atomic E-state index is -4.05. The lowest BCUT2D eigenvalue weighted by atomic mass is 9.78. The molecule has 1 aliphatic heterocycles. The molecule has 1 N–H and O–H groups in total. The molecule has 5 rings (SSSR count). The third-order valence-electron chi connectivity index (χ3n) is 8.14. The average molecular weight is 564 g/mol. The predicted octanol–water partition coefficient (Wildman–Crippen LogP) is 4.70. The molecule has 2 unspecified atom stereocenters. The smallest absolute Gasteiger partial charge is 0.306 e. The summed E-state index contributed by atoms with van der Waals surface area (Å²) in [6.07, 6.45) is 3.26. The van der Waals surface area contributed by atoms with Gasteiger partial charge in [-0.3, -0.25) is 9.59 Å². The van der Waals surface area contributed by atoms with Crippen LogP contribution in [0.2, 0.25) is 0 Å². The van der Waals surface area contributed by atoms with Crippen molar-refractivity contribution in [1.29, 1.82) is 0 Å². The number of likely N-dealkylation sites (tertiary alicyclic amines) is 1. The van der Waals surface area contributed by atoms with Crippen LogP contribution in [-0.4, -0.2) is 42.9 Å². The number of carboxylic acid groups (broad SMARTS) is 1. The lowest BCUT2D eigenvalue weighted by Crippen LogP contribution is -2.53. The Morgan fingerprint density at radius 1 is 1.03 bits per heavy atom. The summed E-state index contributed by atoms with van der Waals surface area (Å²) in [5, 5.41) is 9.30. The molecule has 2 aromatic rings. The van der Waals surface area contributed by atoms with Crippen LogP contribution in [0.15, 0.2) is 51.8 Å². The van der Waals surface area contributed by atoms with Gasteiger partial charge in [-0.05, 0) is 86.4 Å². The molecule has 0 aromatic heterocycles. The van der Waals surface area contributed by atoms with Crippen LogP contribution >= 0.6 is 15.9 Å². The van der Waals surface area contributed by atoms with Crippen LogP contribution in [0, 0.1) is 17.7 Å². The number of sulfone groups is 1. The first-order valence-corrected chi connectivity index (χ1v) is 14.2. The Morgan fingerprint density at radius 2 is 1.74 bits per heavy atom. The fourth-order valence-electron chi connectivity index (χ4n) is 6.43. The normalized spacial score (nSPS) is 28.3. The van der Waals surface area contributed by atoms with E-state index in [9.17, 15) is 27.5 Å². The molecule has 6 nitrogen and oxygen atoms in total. The van der Waals surface area contributed by atoms with Crippen LogP contribution in [0.4, 0.5) is 4.39 Å². The van der Waals surface area contributed by atoms with Crippen molar-refractivity contribution in [2.75, 3.05) is 6.54 Å². The van der Waals surface area contributed by atoms with E-state index < -0.39 is 38.3 Å². The van der Waals surface area contributed by atoms with Crippen LogP contribution in [-0.2, 0) is 30.6 Å². The highest BCUT2D eigenvalue weighted by Gasteiger charge is 2.61. The third kappa shape index (κ3) is 3.91. The lowest BCUT2D eigenvalue weighted by molar-refractivity contribution is -0.146. The van der Waals surface area contributed by atoms with Gasteiger partial charge >= 0.3 is 5.97 Å². The Labute approximate surface area is 212 Å². The van der Waals surface area contributed by atoms with Gasteiger partial charge in [0.1, 0.15) is 10.6 Å². The van der Waals surface area contributed by atoms with Gasteiger partial charge in [0.15, 0.2) is 9.84 Å². The fraction of sp³-hybridized carbons (Fsp3) is 0.462. The van der Waals surface area contributed by atoms with Gasteiger partial charge in [0, 0.05) is 16.9 Å². The molecule has 0 spiro atoms. The second kappa shape index (κ2) is 9.00. The maximum Gasteiger partial charge on any atom is 0.306 e. The van der Waals surface area contributed by atoms with E-state index in [1.807, 2.05) is 18.2 Å². The maximum absolute atomic E-state index is 14.3. The maximum atomic E-state index is 14.3. The molecule has 1 amide bonds. The number of amides is 1. The van der Waals surface area contributed by atoms with E-state index in [-0.39, 0.29) is 23.1 Å². The summed E-state index contributed by atoms with van der Waals surface area (Å²) < 4.78 is 42.2. The molecule has 1 heterocycles. The number of fused-ring (bicyclic) bond motifs is 3. The van der Waals surface area contributed by atoms with E-state index in [0.29, 0.717) is 50.6 Å². The van der Waals surface area contributed by atoms with Gasteiger partial charge in [0.25, 0.3) is 0 Å². The Morgan fingerprint density at radius 3 is 2.43 bits per heavy atom. The second-order valence-electron chi connectivity index (χ2n) is 9.87. The predicted molar refractivity (Wildman–Crippen MR) is 131 cm³/mol. The number of rotatable bonds is 4. The Kier molecular flexibility index (Phi) is 6.28. The summed E-state index contributed by atoms with van der Waals surface area (Å²) in [5.41, 5.74) is 1.61. The van der Waals surface area contributed by atoms with Gasteiger partial charge in [-0.25, -0.2) is 12.8 Å². The summed E-state index contributed by atoms with van der Waals surface area (Å²) in [4.78, 5) is 26.7. The zero-order valence-corrected chi connectivity index (χ0v) is 21.5. The molecule has 186 valence electrons. The minimum Gasteiger partial charge on any atom is -0.481 e. The highest BCUT2D eigenvalue weighted by molar-refractivity contribution is 9.10. The molecule has 0 radical (unpaired) electrons. The Balaban J connectivity index is 1.56. The summed E-state index contributed by atoms with van der Waals surface area (Å²) in [6.45, 7) is 0.298. The van der Waals surface area contributed by atoms with Gasteiger partial charge in [-0.1, -0.05) is 28.1 Å². The first-order chi connectivity index (χ1) is 16.6. The minimum absolute atomic E-state index is 0.0745. The van der Waals surface area contributed by atoms with Crippen LogP contribution in [0.5, 0.6) is 0 Å². The molecule has 2 atom stereocenters. The molecular weight excluding hydrogens is 537 g/mol. The quantitative estimate of drug-likeness (QED) is 0.582. The van der Waals surface area contributed by atoms with Crippen LogP contribution in [0.1, 0.15) is 49.7 Å². The van der Waals surface area contributed by atoms with Crippen LogP contribution in [0.25, 0.3) is 0 Å². The van der Waals surface area contributed by atoms with Gasteiger partial charge in [-0.2, -0.15) is 0 Å². The van der Waals surface area contributed by atoms with E-state index in [0.717, 1.165) is 16.1 Å². The first-order valence-electron chi connectivity index (χ1n) is 12.0.